The summed E-state index contributed by atoms with van der Waals surface area (Å²) in [6, 6.07) is 18.1. The minimum Gasteiger partial charge on any atom is -0.497 e. The Labute approximate surface area is 196 Å². The van der Waals surface area contributed by atoms with Gasteiger partial charge in [-0.05, 0) is 61.5 Å². The first kappa shape index (κ1) is 23.1. The number of hydrogen-bond donors (Lipinski definition) is 1. The van der Waals surface area contributed by atoms with Gasteiger partial charge < -0.3 is 19.5 Å². The molecule has 4 rings (SSSR count). The summed E-state index contributed by atoms with van der Waals surface area (Å²) in [7, 11) is -0.951. The van der Waals surface area contributed by atoms with Crippen molar-refractivity contribution < 1.29 is 27.4 Å². The topological polar surface area (TPSA) is 109 Å². The summed E-state index contributed by atoms with van der Waals surface area (Å²) >= 11 is 0. The van der Waals surface area contributed by atoms with Gasteiger partial charge in [-0.25, -0.2) is 0 Å². The molecule has 0 aliphatic heterocycles. The van der Waals surface area contributed by atoms with Gasteiger partial charge >= 0.3 is 0 Å². The molecule has 0 aliphatic rings. The molecule has 0 unspecified atom stereocenters. The highest BCUT2D eigenvalue weighted by molar-refractivity contribution is 7.90. The first-order valence-corrected chi connectivity index (χ1v) is 11.7. The fourth-order valence-electron chi connectivity index (χ4n) is 3.28. The largest absolute Gasteiger partial charge is 0.497 e. The number of amides is 1. The Morgan fingerprint density at radius 2 is 1.59 bits per heavy atom. The number of nitrogens with one attached hydrogen (secondary N) is 1. The molecule has 1 amide bonds. The van der Waals surface area contributed by atoms with E-state index >= 15 is 0 Å². The molecule has 0 spiro atoms. The Morgan fingerprint density at radius 1 is 0.941 bits per heavy atom. The maximum atomic E-state index is 13.3. The molecular weight excluding hydrogens is 458 g/mol. The van der Waals surface area contributed by atoms with Crippen molar-refractivity contribution in [3.63, 3.8) is 0 Å². The molecule has 10 heteroatoms. The van der Waals surface area contributed by atoms with Gasteiger partial charge in [0.15, 0.2) is 6.61 Å². The number of hydrogen-bond acceptors (Lipinski definition) is 7. The highest BCUT2D eigenvalue weighted by Crippen LogP contribution is 2.31. The summed E-state index contributed by atoms with van der Waals surface area (Å²) < 4.78 is 43.5. The van der Waals surface area contributed by atoms with E-state index in [2.05, 4.69) is 10.4 Å². The Morgan fingerprint density at radius 3 is 2.24 bits per heavy atom. The van der Waals surface area contributed by atoms with Crippen LogP contribution in [0.2, 0.25) is 0 Å². The van der Waals surface area contributed by atoms with E-state index < -0.39 is 15.9 Å². The summed E-state index contributed by atoms with van der Waals surface area (Å²) in [5.41, 5.74) is 1.79. The van der Waals surface area contributed by atoms with Gasteiger partial charge in [-0.15, -0.1) is 9.19 Å². The molecule has 0 radical (unpaired) electrons. The minimum atomic E-state index is -4.00. The van der Waals surface area contributed by atoms with E-state index in [-0.39, 0.29) is 17.4 Å². The number of benzene rings is 3. The second-order valence-corrected chi connectivity index (χ2v) is 9.18. The van der Waals surface area contributed by atoms with E-state index in [0.29, 0.717) is 28.1 Å². The van der Waals surface area contributed by atoms with Crippen LogP contribution >= 0.6 is 0 Å². The zero-order chi connectivity index (χ0) is 24.3. The number of aromatic nitrogens is 2. The van der Waals surface area contributed by atoms with E-state index in [1.165, 1.54) is 19.2 Å². The van der Waals surface area contributed by atoms with Crippen LogP contribution in [-0.2, 0) is 14.8 Å². The standard InChI is InChI=1S/C24H23N3O6S/c1-16-4-11-20(12-5-16)34(29,30)27-22-13-10-19(32-3)14-21(22)24(26-27)33-15-23(28)25-17-6-8-18(31-2)9-7-17/h4-14H,15H2,1-3H3,(H,25,28). The van der Waals surface area contributed by atoms with Crippen molar-refractivity contribution >= 4 is 32.5 Å². The molecule has 1 N–H and O–H groups in total. The van der Waals surface area contributed by atoms with Gasteiger partial charge in [-0.3, -0.25) is 4.79 Å². The van der Waals surface area contributed by atoms with Crippen molar-refractivity contribution in [3.05, 3.63) is 72.3 Å². The second-order valence-electron chi connectivity index (χ2n) is 7.41. The predicted octanol–water partition coefficient (Wildman–Crippen LogP) is 3.62. The smallest absolute Gasteiger partial charge is 0.283 e. The van der Waals surface area contributed by atoms with Crippen LogP contribution in [0.3, 0.4) is 0 Å². The average Bonchev–Trinajstić information content (AvgIpc) is 3.22. The van der Waals surface area contributed by atoms with Crippen molar-refractivity contribution in [2.24, 2.45) is 0 Å². The number of carbonyl (C=O) groups is 1. The maximum absolute atomic E-state index is 13.3. The Hall–Kier alpha value is -4.05. The van der Waals surface area contributed by atoms with Gasteiger partial charge in [-0.2, -0.15) is 8.42 Å². The number of anilines is 1. The van der Waals surface area contributed by atoms with Gasteiger partial charge in [0.05, 0.1) is 30.0 Å². The fraction of sp³-hybridized carbons (Fsp3) is 0.167. The lowest BCUT2D eigenvalue weighted by Gasteiger charge is -2.07. The average molecular weight is 482 g/mol. The summed E-state index contributed by atoms with van der Waals surface area (Å²) in [6.07, 6.45) is 0. The zero-order valence-electron chi connectivity index (χ0n) is 18.8. The molecule has 9 nitrogen and oxygen atoms in total. The SMILES string of the molecule is COc1ccc(NC(=O)COc2nn(S(=O)(=O)c3ccc(C)cc3)c3ccc(OC)cc23)cc1. The summed E-state index contributed by atoms with van der Waals surface area (Å²) in [5, 5.41) is 7.29. The second kappa shape index (κ2) is 9.44. The van der Waals surface area contributed by atoms with Crippen LogP contribution in [0, 0.1) is 6.92 Å². The third kappa shape index (κ3) is 4.67. The lowest BCUT2D eigenvalue weighted by Crippen LogP contribution is -2.20. The quantitative estimate of drug-likeness (QED) is 0.409. The lowest BCUT2D eigenvalue weighted by atomic mass is 10.2. The number of rotatable bonds is 8. The number of carbonyl (C=O) groups excluding carboxylic acids is 1. The molecule has 3 aromatic carbocycles. The third-order valence-corrected chi connectivity index (χ3v) is 6.68. The molecule has 0 bridgehead atoms. The molecular formula is C24H23N3O6S. The van der Waals surface area contributed by atoms with Crippen LogP contribution in [0.15, 0.2) is 71.6 Å². The minimum absolute atomic E-state index is 0.00512. The van der Waals surface area contributed by atoms with Crippen molar-refractivity contribution in [3.8, 4) is 17.4 Å². The summed E-state index contributed by atoms with van der Waals surface area (Å²) in [5.74, 6) is 0.717. The summed E-state index contributed by atoms with van der Waals surface area (Å²) in [6.45, 7) is 1.49. The van der Waals surface area contributed by atoms with E-state index in [1.807, 2.05) is 6.92 Å². The van der Waals surface area contributed by atoms with E-state index in [1.54, 1.807) is 61.7 Å². The van der Waals surface area contributed by atoms with Crippen molar-refractivity contribution in [1.82, 2.24) is 9.19 Å². The Balaban J connectivity index is 1.63. The normalized spacial score (nSPS) is 11.3. The molecule has 4 aromatic rings. The number of methoxy groups -OCH3 is 2. The zero-order valence-corrected chi connectivity index (χ0v) is 19.6. The highest BCUT2D eigenvalue weighted by Gasteiger charge is 2.24. The molecule has 34 heavy (non-hydrogen) atoms. The number of fused-ring (bicyclic) bond motifs is 1. The molecule has 0 fully saturated rings. The number of ether oxygens (including phenoxy) is 3. The molecule has 1 aromatic heterocycles. The van der Waals surface area contributed by atoms with Crippen molar-refractivity contribution in [2.45, 2.75) is 11.8 Å². The monoisotopic (exact) mass is 481 g/mol. The maximum Gasteiger partial charge on any atom is 0.283 e. The fourth-order valence-corrected chi connectivity index (χ4v) is 4.56. The lowest BCUT2D eigenvalue weighted by molar-refractivity contribution is -0.118. The number of aryl methyl sites for hydroxylation is 1. The predicted molar refractivity (Wildman–Crippen MR) is 127 cm³/mol. The van der Waals surface area contributed by atoms with Crippen molar-refractivity contribution in [1.29, 1.82) is 0 Å². The van der Waals surface area contributed by atoms with Gasteiger partial charge in [0, 0.05) is 5.69 Å². The third-order valence-electron chi connectivity index (χ3n) is 5.08. The van der Waals surface area contributed by atoms with Gasteiger partial charge in [0.2, 0.25) is 5.88 Å². The molecule has 0 saturated carbocycles. The van der Waals surface area contributed by atoms with E-state index in [4.69, 9.17) is 14.2 Å². The van der Waals surface area contributed by atoms with Crippen LogP contribution in [-0.4, -0.2) is 44.3 Å². The van der Waals surface area contributed by atoms with Crippen LogP contribution in [0.4, 0.5) is 5.69 Å². The first-order chi connectivity index (χ1) is 16.3. The van der Waals surface area contributed by atoms with E-state index in [0.717, 1.165) is 9.65 Å². The van der Waals surface area contributed by atoms with Crippen LogP contribution in [0.1, 0.15) is 5.56 Å². The molecule has 1 heterocycles. The van der Waals surface area contributed by atoms with Crippen LogP contribution in [0.25, 0.3) is 10.9 Å². The van der Waals surface area contributed by atoms with Gasteiger partial charge in [-0.1, -0.05) is 17.7 Å². The van der Waals surface area contributed by atoms with Gasteiger partial charge in [0.25, 0.3) is 15.9 Å². The first-order valence-electron chi connectivity index (χ1n) is 10.3. The number of nitrogens with zero attached hydrogens (tertiary/aromatic N) is 2. The molecule has 0 atom stereocenters. The molecule has 0 saturated heterocycles. The van der Waals surface area contributed by atoms with Crippen molar-refractivity contribution in [2.75, 3.05) is 26.1 Å². The van der Waals surface area contributed by atoms with E-state index in [9.17, 15) is 13.2 Å². The van der Waals surface area contributed by atoms with Gasteiger partial charge in [0.1, 0.15) is 11.5 Å². The van der Waals surface area contributed by atoms with Crippen LogP contribution in [0.5, 0.6) is 17.4 Å². The van der Waals surface area contributed by atoms with Crippen LogP contribution < -0.4 is 19.5 Å². The Kier molecular flexibility index (Phi) is 6.42. The molecule has 176 valence electrons. The Bertz CT molecular complexity index is 1430. The molecule has 0 aliphatic carbocycles. The summed E-state index contributed by atoms with van der Waals surface area (Å²) in [4.78, 5) is 12.5. The highest BCUT2D eigenvalue weighted by atomic mass is 32.2.